The molecule has 2 rings (SSSR count). The van der Waals surface area contributed by atoms with Gasteiger partial charge >= 0.3 is 5.97 Å². The number of ether oxygens (including phenoxy) is 1. The summed E-state index contributed by atoms with van der Waals surface area (Å²) in [6, 6.07) is 9.81. The minimum Gasteiger partial charge on any atom is -0.467 e. The number of nitrogens with zero attached hydrogens (tertiary/aromatic N) is 1. The van der Waals surface area contributed by atoms with Crippen LogP contribution >= 0.6 is 0 Å². The number of hydrogen-bond donors (Lipinski definition) is 1. The first-order valence-corrected chi connectivity index (χ1v) is 7.55. The lowest BCUT2D eigenvalue weighted by Crippen LogP contribution is -2.55. The maximum absolute atomic E-state index is 12.5. The Morgan fingerprint density at radius 2 is 2.05 bits per heavy atom. The Balaban J connectivity index is 2.20. The number of rotatable bonds is 7. The summed E-state index contributed by atoms with van der Waals surface area (Å²) in [4.78, 5) is 14.7. The van der Waals surface area contributed by atoms with Crippen LogP contribution in [-0.2, 0) is 15.1 Å². The zero-order valence-corrected chi connectivity index (χ0v) is 13.4. The van der Waals surface area contributed by atoms with Crippen molar-refractivity contribution >= 4 is 5.97 Å². The van der Waals surface area contributed by atoms with E-state index >= 15 is 0 Å². The third-order valence-electron chi connectivity index (χ3n) is 4.56. The predicted octanol–water partition coefficient (Wildman–Crippen LogP) is 1.86. The molecule has 4 nitrogen and oxygen atoms in total. The summed E-state index contributed by atoms with van der Waals surface area (Å²) in [5.41, 5.74) is 0.123. The fourth-order valence-electron chi connectivity index (χ4n) is 3.02. The number of nitrogens with one attached hydrogen (secondary N) is 1. The second-order valence-electron chi connectivity index (χ2n) is 6.18. The fraction of sp³-hybridized carbons (Fsp3) is 0.588. The minimum absolute atomic E-state index is 0.244. The summed E-state index contributed by atoms with van der Waals surface area (Å²) in [7, 11) is 5.33. The van der Waals surface area contributed by atoms with Crippen LogP contribution in [0.3, 0.4) is 0 Å². The molecule has 1 aliphatic carbocycles. The van der Waals surface area contributed by atoms with Crippen LogP contribution in [0.4, 0.5) is 0 Å². The van der Waals surface area contributed by atoms with E-state index in [9.17, 15) is 4.79 Å². The summed E-state index contributed by atoms with van der Waals surface area (Å²) < 4.78 is 5.08. The summed E-state index contributed by atoms with van der Waals surface area (Å²) in [5, 5.41) is 3.20. The molecule has 0 amide bonds. The smallest absolute Gasteiger partial charge is 0.332 e. The number of methoxy groups -OCH3 is 1. The van der Waals surface area contributed by atoms with E-state index in [1.807, 2.05) is 37.4 Å². The van der Waals surface area contributed by atoms with Gasteiger partial charge in [0.05, 0.1) is 7.11 Å². The standard InChI is InChI=1S/C17H26N2O2/c1-13-10-14(13)11-19(3)12-17(18-2,16(20)21-4)15-8-6-5-7-9-15/h5-9,13-14,18H,10-12H2,1-4H3. The second-order valence-corrected chi connectivity index (χ2v) is 6.18. The van der Waals surface area contributed by atoms with Gasteiger partial charge in [0.1, 0.15) is 0 Å². The highest BCUT2D eigenvalue weighted by Crippen LogP contribution is 2.38. The van der Waals surface area contributed by atoms with E-state index in [1.54, 1.807) is 0 Å². The topological polar surface area (TPSA) is 41.6 Å². The van der Waals surface area contributed by atoms with Gasteiger partial charge in [0.25, 0.3) is 0 Å². The Labute approximate surface area is 127 Å². The Kier molecular flexibility index (Phi) is 5.01. The van der Waals surface area contributed by atoms with Crippen LogP contribution in [0.5, 0.6) is 0 Å². The van der Waals surface area contributed by atoms with Gasteiger partial charge in [0.15, 0.2) is 5.54 Å². The van der Waals surface area contributed by atoms with Gasteiger partial charge in [-0.3, -0.25) is 0 Å². The highest BCUT2D eigenvalue weighted by atomic mass is 16.5. The molecule has 0 saturated heterocycles. The Morgan fingerprint density at radius 3 is 2.52 bits per heavy atom. The van der Waals surface area contributed by atoms with Crippen molar-refractivity contribution in [3.8, 4) is 0 Å². The van der Waals surface area contributed by atoms with Gasteiger partial charge in [-0.1, -0.05) is 37.3 Å². The van der Waals surface area contributed by atoms with E-state index in [1.165, 1.54) is 13.5 Å². The highest BCUT2D eigenvalue weighted by molar-refractivity contribution is 5.83. The largest absolute Gasteiger partial charge is 0.467 e. The summed E-state index contributed by atoms with van der Waals surface area (Å²) >= 11 is 0. The molecular formula is C17H26N2O2. The molecule has 1 fully saturated rings. The van der Waals surface area contributed by atoms with E-state index in [4.69, 9.17) is 4.74 Å². The van der Waals surface area contributed by atoms with E-state index in [0.29, 0.717) is 6.54 Å². The van der Waals surface area contributed by atoms with Crippen molar-refractivity contribution < 1.29 is 9.53 Å². The van der Waals surface area contributed by atoms with Gasteiger partial charge < -0.3 is 15.0 Å². The van der Waals surface area contributed by atoms with Crippen LogP contribution < -0.4 is 5.32 Å². The molecule has 1 aliphatic rings. The molecule has 116 valence electrons. The van der Waals surface area contributed by atoms with E-state index in [-0.39, 0.29) is 5.97 Å². The van der Waals surface area contributed by atoms with Crippen molar-refractivity contribution in [3.05, 3.63) is 35.9 Å². The van der Waals surface area contributed by atoms with Crippen LogP contribution in [0.1, 0.15) is 18.9 Å². The number of benzene rings is 1. The maximum atomic E-state index is 12.5. The Bertz CT molecular complexity index is 477. The number of likely N-dealkylation sites (N-methyl/N-ethyl adjacent to an activating group) is 2. The van der Waals surface area contributed by atoms with Crippen LogP contribution in [0.25, 0.3) is 0 Å². The number of carbonyl (C=O) groups excluding carboxylic acids is 1. The SMILES string of the molecule is CNC(CN(C)CC1CC1C)(C(=O)OC)c1ccccc1. The molecule has 0 aliphatic heterocycles. The minimum atomic E-state index is -0.817. The van der Waals surface area contributed by atoms with Gasteiger partial charge in [-0.05, 0) is 37.9 Å². The molecule has 0 radical (unpaired) electrons. The predicted molar refractivity (Wildman–Crippen MR) is 84.0 cm³/mol. The molecule has 0 aromatic heterocycles. The molecule has 1 aromatic carbocycles. The van der Waals surface area contributed by atoms with Crippen molar-refractivity contribution in [1.82, 2.24) is 10.2 Å². The van der Waals surface area contributed by atoms with Crippen molar-refractivity contribution in [2.24, 2.45) is 11.8 Å². The molecule has 0 bridgehead atoms. The molecule has 1 aromatic rings. The molecule has 1 saturated carbocycles. The monoisotopic (exact) mass is 290 g/mol. The molecule has 0 heterocycles. The summed E-state index contributed by atoms with van der Waals surface area (Å²) in [5.74, 6) is 1.33. The lowest BCUT2D eigenvalue weighted by Gasteiger charge is -2.35. The first-order valence-electron chi connectivity index (χ1n) is 7.55. The second kappa shape index (κ2) is 6.58. The molecule has 1 N–H and O–H groups in total. The van der Waals surface area contributed by atoms with Gasteiger partial charge in [-0.15, -0.1) is 0 Å². The number of hydrogen-bond acceptors (Lipinski definition) is 4. The van der Waals surface area contributed by atoms with Gasteiger partial charge in [-0.25, -0.2) is 4.79 Å². The maximum Gasteiger partial charge on any atom is 0.332 e. The number of esters is 1. The average Bonchev–Trinajstić information content (AvgIpc) is 3.19. The van der Waals surface area contributed by atoms with E-state index < -0.39 is 5.54 Å². The third-order valence-corrected chi connectivity index (χ3v) is 4.56. The molecule has 4 heteroatoms. The van der Waals surface area contributed by atoms with Gasteiger partial charge in [0, 0.05) is 13.1 Å². The molecular weight excluding hydrogens is 264 g/mol. The quantitative estimate of drug-likeness (QED) is 0.778. The third kappa shape index (κ3) is 3.44. The lowest BCUT2D eigenvalue weighted by atomic mass is 9.89. The average molecular weight is 290 g/mol. The molecule has 3 unspecified atom stereocenters. The van der Waals surface area contributed by atoms with E-state index in [2.05, 4.69) is 24.2 Å². The molecule has 21 heavy (non-hydrogen) atoms. The van der Waals surface area contributed by atoms with Crippen LogP contribution in [0.2, 0.25) is 0 Å². The van der Waals surface area contributed by atoms with Gasteiger partial charge in [0.2, 0.25) is 0 Å². The van der Waals surface area contributed by atoms with Crippen LogP contribution in [0.15, 0.2) is 30.3 Å². The van der Waals surface area contributed by atoms with Gasteiger partial charge in [-0.2, -0.15) is 0 Å². The zero-order valence-electron chi connectivity index (χ0n) is 13.4. The summed E-state index contributed by atoms with van der Waals surface area (Å²) in [6.45, 7) is 3.90. The fourth-order valence-corrected chi connectivity index (χ4v) is 3.02. The molecule has 0 spiro atoms. The van der Waals surface area contributed by atoms with Crippen molar-refractivity contribution in [2.75, 3.05) is 34.3 Å². The first kappa shape index (κ1) is 16.0. The van der Waals surface area contributed by atoms with Crippen LogP contribution in [0, 0.1) is 11.8 Å². The lowest BCUT2D eigenvalue weighted by molar-refractivity contribution is -0.149. The first-order chi connectivity index (χ1) is 10.0. The Hall–Kier alpha value is -1.39. The van der Waals surface area contributed by atoms with Crippen molar-refractivity contribution in [1.29, 1.82) is 0 Å². The normalized spacial score (nSPS) is 23.7. The van der Waals surface area contributed by atoms with E-state index in [0.717, 1.165) is 23.9 Å². The van der Waals surface area contributed by atoms with Crippen molar-refractivity contribution in [2.45, 2.75) is 18.9 Å². The molecule has 3 atom stereocenters. The zero-order chi connectivity index (χ0) is 15.5. The highest BCUT2D eigenvalue weighted by Gasteiger charge is 2.42. The van der Waals surface area contributed by atoms with Crippen molar-refractivity contribution in [3.63, 3.8) is 0 Å². The Morgan fingerprint density at radius 1 is 1.43 bits per heavy atom. The summed E-state index contributed by atoms with van der Waals surface area (Å²) in [6.07, 6.45) is 1.29. The number of carbonyl (C=O) groups is 1. The van der Waals surface area contributed by atoms with Crippen LogP contribution in [-0.4, -0.2) is 45.2 Å².